The van der Waals surface area contributed by atoms with Gasteiger partial charge in [-0.1, -0.05) is 38.8 Å². The molecule has 0 amide bonds. The number of aliphatic hydroxyl groups excluding tert-OH is 1. The number of halogens is 1. The van der Waals surface area contributed by atoms with Crippen molar-refractivity contribution >= 4 is 0 Å². The predicted molar refractivity (Wildman–Crippen MR) is 88.1 cm³/mol. The number of hydrogen-bond donors (Lipinski definition) is 3. The average molecular weight is 311 g/mol. The van der Waals surface area contributed by atoms with E-state index in [1.54, 1.807) is 12.1 Å². The molecule has 3 nitrogen and oxygen atoms in total. The average Bonchev–Trinajstić information content (AvgIpc) is 2.47. The first-order chi connectivity index (χ1) is 10.5. The summed E-state index contributed by atoms with van der Waals surface area (Å²) in [6, 6.07) is 4.69. The fraction of sp³-hybridized carbons (Fsp3) is 0.667. The van der Waals surface area contributed by atoms with E-state index < -0.39 is 11.7 Å². The van der Waals surface area contributed by atoms with Gasteiger partial charge in [-0.2, -0.15) is 0 Å². The minimum Gasteiger partial charge on any atom is -0.390 e. The zero-order chi connectivity index (χ0) is 16.6. The SMILES string of the molecule is CCCC(O)(CCC)CCc1cc([C@H](O)CCN)ccc1F. The number of benzene rings is 1. The summed E-state index contributed by atoms with van der Waals surface area (Å²) in [5, 5.41) is 20.6. The molecule has 0 fully saturated rings. The number of rotatable bonds is 10. The van der Waals surface area contributed by atoms with E-state index in [4.69, 9.17) is 5.73 Å². The van der Waals surface area contributed by atoms with Crippen molar-refractivity contribution in [3.8, 4) is 0 Å². The second-order valence-electron chi connectivity index (χ2n) is 6.17. The van der Waals surface area contributed by atoms with Gasteiger partial charge in [-0.15, -0.1) is 0 Å². The van der Waals surface area contributed by atoms with Crippen LogP contribution in [-0.4, -0.2) is 22.4 Å². The first kappa shape index (κ1) is 19.1. The number of nitrogens with two attached hydrogens (primary N) is 1. The molecule has 0 saturated heterocycles. The first-order valence-electron chi connectivity index (χ1n) is 8.34. The lowest BCUT2D eigenvalue weighted by atomic mass is 9.86. The summed E-state index contributed by atoms with van der Waals surface area (Å²) in [4.78, 5) is 0. The minimum atomic E-state index is -0.720. The minimum absolute atomic E-state index is 0.279. The van der Waals surface area contributed by atoms with Crippen LogP contribution in [0.25, 0.3) is 0 Å². The Kier molecular flexibility index (Phi) is 8.01. The van der Waals surface area contributed by atoms with Crippen LogP contribution in [0.2, 0.25) is 0 Å². The number of hydrogen-bond acceptors (Lipinski definition) is 3. The second kappa shape index (κ2) is 9.23. The lowest BCUT2D eigenvalue weighted by Gasteiger charge is -2.27. The molecule has 0 saturated carbocycles. The summed E-state index contributed by atoms with van der Waals surface area (Å²) in [6.45, 7) is 4.48. The van der Waals surface area contributed by atoms with E-state index in [0.717, 1.165) is 25.7 Å². The van der Waals surface area contributed by atoms with Crippen LogP contribution in [-0.2, 0) is 6.42 Å². The lowest BCUT2D eigenvalue weighted by Crippen LogP contribution is -2.29. The number of aryl methyl sites for hydroxylation is 1. The molecule has 0 aromatic heterocycles. The van der Waals surface area contributed by atoms with E-state index in [1.807, 2.05) is 13.8 Å². The Morgan fingerprint density at radius 3 is 2.36 bits per heavy atom. The van der Waals surface area contributed by atoms with Gasteiger partial charge in [-0.25, -0.2) is 4.39 Å². The first-order valence-corrected chi connectivity index (χ1v) is 8.34. The van der Waals surface area contributed by atoms with Crippen molar-refractivity contribution in [2.24, 2.45) is 5.73 Å². The summed E-state index contributed by atoms with van der Waals surface area (Å²) < 4.78 is 14.0. The molecular formula is C18H30FNO2. The van der Waals surface area contributed by atoms with Crippen molar-refractivity contribution in [3.63, 3.8) is 0 Å². The standard InChI is InChI=1S/C18H30FNO2/c1-3-9-18(22,10-4-2)11-7-14-13-15(5-6-16(14)19)17(21)8-12-20/h5-6,13,17,21-22H,3-4,7-12,20H2,1-2H3/t17-/m1/s1. The zero-order valence-electron chi connectivity index (χ0n) is 13.8. The Morgan fingerprint density at radius 2 is 1.82 bits per heavy atom. The van der Waals surface area contributed by atoms with Gasteiger partial charge in [0.2, 0.25) is 0 Å². The second-order valence-corrected chi connectivity index (χ2v) is 6.17. The Bertz CT molecular complexity index is 445. The van der Waals surface area contributed by atoms with E-state index in [1.165, 1.54) is 6.07 Å². The molecule has 1 atom stereocenters. The molecule has 0 aliphatic carbocycles. The molecule has 0 bridgehead atoms. The molecule has 0 unspecified atom stereocenters. The van der Waals surface area contributed by atoms with Gasteiger partial charge in [0, 0.05) is 0 Å². The Labute approximate surface area is 133 Å². The maximum Gasteiger partial charge on any atom is 0.126 e. The molecular weight excluding hydrogens is 281 g/mol. The van der Waals surface area contributed by atoms with Gasteiger partial charge in [-0.05, 0) is 55.8 Å². The van der Waals surface area contributed by atoms with Crippen molar-refractivity contribution < 1.29 is 14.6 Å². The monoisotopic (exact) mass is 311 g/mol. The Balaban J connectivity index is 2.81. The van der Waals surface area contributed by atoms with E-state index in [0.29, 0.717) is 36.9 Å². The Morgan fingerprint density at radius 1 is 1.18 bits per heavy atom. The highest BCUT2D eigenvalue weighted by molar-refractivity contribution is 5.27. The summed E-state index contributed by atoms with van der Waals surface area (Å²) in [5.41, 5.74) is 5.98. The molecule has 126 valence electrons. The summed E-state index contributed by atoms with van der Waals surface area (Å²) >= 11 is 0. The van der Waals surface area contributed by atoms with Crippen LogP contribution in [0.15, 0.2) is 18.2 Å². The molecule has 4 N–H and O–H groups in total. The van der Waals surface area contributed by atoms with Gasteiger partial charge in [0.1, 0.15) is 5.82 Å². The number of aliphatic hydroxyl groups is 2. The third-order valence-electron chi connectivity index (χ3n) is 4.19. The molecule has 0 radical (unpaired) electrons. The third-order valence-corrected chi connectivity index (χ3v) is 4.19. The molecule has 4 heteroatoms. The molecule has 0 heterocycles. The quantitative estimate of drug-likeness (QED) is 0.620. The molecule has 1 aromatic rings. The Hall–Kier alpha value is -0.970. The predicted octanol–water partition coefficient (Wildman–Crippen LogP) is 3.47. The van der Waals surface area contributed by atoms with Crippen LogP contribution in [0.5, 0.6) is 0 Å². The maximum atomic E-state index is 14.0. The van der Waals surface area contributed by atoms with Gasteiger partial charge in [-0.3, -0.25) is 0 Å². The van der Waals surface area contributed by atoms with Crippen LogP contribution in [0.4, 0.5) is 4.39 Å². The maximum absolute atomic E-state index is 14.0. The third kappa shape index (κ3) is 5.67. The van der Waals surface area contributed by atoms with Crippen LogP contribution in [0, 0.1) is 5.82 Å². The van der Waals surface area contributed by atoms with Crippen molar-refractivity contribution in [2.45, 2.75) is 70.5 Å². The van der Waals surface area contributed by atoms with E-state index in [9.17, 15) is 14.6 Å². The summed E-state index contributed by atoms with van der Waals surface area (Å²) in [7, 11) is 0. The van der Waals surface area contributed by atoms with E-state index >= 15 is 0 Å². The fourth-order valence-electron chi connectivity index (χ4n) is 2.99. The fourth-order valence-corrected chi connectivity index (χ4v) is 2.99. The van der Waals surface area contributed by atoms with Gasteiger partial charge in [0.15, 0.2) is 0 Å². The molecule has 0 aliphatic rings. The molecule has 1 aromatic carbocycles. The molecule has 1 rings (SSSR count). The zero-order valence-corrected chi connectivity index (χ0v) is 13.8. The van der Waals surface area contributed by atoms with Crippen LogP contribution >= 0.6 is 0 Å². The summed E-state index contributed by atoms with van der Waals surface area (Å²) in [5.74, 6) is -0.279. The van der Waals surface area contributed by atoms with Crippen molar-refractivity contribution in [3.05, 3.63) is 35.1 Å². The molecule has 0 aliphatic heterocycles. The largest absolute Gasteiger partial charge is 0.390 e. The normalized spacial score (nSPS) is 13.4. The van der Waals surface area contributed by atoms with Crippen LogP contribution < -0.4 is 5.73 Å². The highest BCUT2D eigenvalue weighted by Gasteiger charge is 2.25. The highest BCUT2D eigenvalue weighted by Crippen LogP contribution is 2.27. The van der Waals surface area contributed by atoms with E-state index in [2.05, 4.69) is 0 Å². The molecule has 0 spiro atoms. The summed E-state index contributed by atoms with van der Waals surface area (Å²) in [6.07, 6.45) is 4.11. The van der Waals surface area contributed by atoms with Crippen molar-refractivity contribution in [2.75, 3.05) is 6.54 Å². The highest BCUT2D eigenvalue weighted by atomic mass is 19.1. The van der Waals surface area contributed by atoms with Crippen LogP contribution in [0.1, 0.15) is 69.6 Å². The van der Waals surface area contributed by atoms with Gasteiger partial charge in [0.25, 0.3) is 0 Å². The van der Waals surface area contributed by atoms with Crippen molar-refractivity contribution in [1.82, 2.24) is 0 Å². The molecule has 22 heavy (non-hydrogen) atoms. The van der Waals surface area contributed by atoms with Gasteiger partial charge in [0.05, 0.1) is 11.7 Å². The van der Waals surface area contributed by atoms with Gasteiger partial charge < -0.3 is 15.9 Å². The van der Waals surface area contributed by atoms with Gasteiger partial charge >= 0.3 is 0 Å². The van der Waals surface area contributed by atoms with Crippen molar-refractivity contribution in [1.29, 1.82) is 0 Å². The topological polar surface area (TPSA) is 66.5 Å². The smallest absolute Gasteiger partial charge is 0.126 e. The van der Waals surface area contributed by atoms with Crippen LogP contribution in [0.3, 0.4) is 0 Å². The lowest BCUT2D eigenvalue weighted by molar-refractivity contribution is 0.0130. The van der Waals surface area contributed by atoms with E-state index in [-0.39, 0.29) is 5.82 Å².